The Morgan fingerprint density at radius 2 is 1.79 bits per heavy atom. The number of rotatable bonds is 4. The molecule has 0 aromatic rings. The molecule has 2 N–H and O–H groups in total. The number of methoxy groups -OCH3 is 1. The number of ether oxygens (including phenoxy) is 1. The van der Waals surface area contributed by atoms with Gasteiger partial charge in [0, 0.05) is 5.57 Å². The van der Waals surface area contributed by atoms with Gasteiger partial charge in [-0.15, -0.1) is 0 Å². The smallest absolute Gasteiger partial charge is 0.352 e. The zero-order valence-electron chi connectivity index (χ0n) is 8.48. The lowest BCUT2D eigenvalue weighted by Crippen LogP contribution is -2.07. The van der Waals surface area contributed by atoms with Gasteiger partial charge in [0.1, 0.15) is 0 Å². The normalized spacial score (nSPS) is 13.5. The highest BCUT2D eigenvalue weighted by molar-refractivity contribution is 7.56. The number of carbonyl (C=O) groups excluding carboxylic acids is 1. The van der Waals surface area contributed by atoms with E-state index in [1.54, 1.807) is 13.8 Å². The molecular formula is C8H15O5P. The fraction of sp³-hybridized carbons (Fsp3) is 0.625. The molecule has 0 bridgehead atoms. The second-order valence-corrected chi connectivity index (χ2v) is 4.30. The van der Waals surface area contributed by atoms with Crippen LogP contribution in [0, 0.1) is 0 Å². The minimum atomic E-state index is -4.34. The molecule has 0 fully saturated rings. The second kappa shape index (κ2) is 5.29. The van der Waals surface area contributed by atoms with Crippen LogP contribution < -0.4 is 0 Å². The van der Waals surface area contributed by atoms with Crippen LogP contribution in [0.25, 0.3) is 0 Å². The zero-order valence-corrected chi connectivity index (χ0v) is 9.38. The molecule has 0 aliphatic carbocycles. The molecule has 14 heavy (non-hydrogen) atoms. The van der Waals surface area contributed by atoms with Crippen LogP contribution in [0.1, 0.15) is 26.7 Å². The summed E-state index contributed by atoms with van der Waals surface area (Å²) in [6.45, 7) is 3.24. The van der Waals surface area contributed by atoms with Gasteiger partial charge in [-0.2, -0.15) is 0 Å². The third-order valence-electron chi connectivity index (χ3n) is 1.82. The molecule has 0 radical (unpaired) electrons. The van der Waals surface area contributed by atoms with Gasteiger partial charge in [0.25, 0.3) is 0 Å². The van der Waals surface area contributed by atoms with Crippen LogP contribution in [-0.4, -0.2) is 22.9 Å². The summed E-state index contributed by atoms with van der Waals surface area (Å²) in [7, 11) is -3.15. The van der Waals surface area contributed by atoms with Crippen LogP contribution in [0.4, 0.5) is 0 Å². The molecule has 0 aromatic heterocycles. The maximum Gasteiger partial charge on any atom is 0.352 e. The third-order valence-corrected chi connectivity index (χ3v) is 3.11. The maximum absolute atomic E-state index is 11.2. The lowest BCUT2D eigenvalue weighted by molar-refractivity contribution is -0.136. The van der Waals surface area contributed by atoms with E-state index in [-0.39, 0.29) is 23.7 Å². The molecule has 0 unspecified atom stereocenters. The largest absolute Gasteiger partial charge is 0.466 e. The van der Waals surface area contributed by atoms with E-state index in [9.17, 15) is 9.36 Å². The van der Waals surface area contributed by atoms with E-state index < -0.39 is 13.6 Å². The van der Waals surface area contributed by atoms with Crippen LogP contribution in [-0.2, 0) is 14.1 Å². The highest BCUT2D eigenvalue weighted by Crippen LogP contribution is 2.48. The first kappa shape index (κ1) is 13.4. The molecular weight excluding hydrogens is 207 g/mol. The van der Waals surface area contributed by atoms with Crippen molar-refractivity contribution in [2.24, 2.45) is 0 Å². The van der Waals surface area contributed by atoms with Gasteiger partial charge in [0.05, 0.1) is 12.4 Å². The van der Waals surface area contributed by atoms with E-state index in [0.29, 0.717) is 0 Å². The SMILES string of the molecule is CCC(C(=O)OC)=C(CC)P(=O)(O)O. The van der Waals surface area contributed by atoms with Gasteiger partial charge in [-0.1, -0.05) is 13.8 Å². The average Bonchev–Trinajstić information content (AvgIpc) is 2.10. The van der Waals surface area contributed by atoms with Crippen LogP contribution in [0.3, 0.4) is 0 Å². The van der Waals surface area contributed by atoms with Crippen LogP contribution >= 0.6 is 7.60 Å². The summed E-state index contributed by atoms with van der Waals surface area (Å²) in [5, 5.41) is -0.133. The van der Waals surface area contributed by atoms with Crippen molar-refractivity contribution in [2.45, 2.75) is 26.7 Å². The summed E-state index contributed by atoms with van der Waals surface area (Å²) in [5.41, 5.74) is 0.0725. The summed E-state index contributed by atoms with van der Waals surface area (Å²) >= 11 is 0. The number of hydrogen-bond acceptors (Lipinski definition) is 3. The molecule has 0 atom stereocenters. The summed E-state index contributed by atoms with van der Waals surface area (Å²) < 4.78 is 15.5. The second-order valence-electron chi connectivity index (χ2n) is 2.67. The molecule has 0 saturated carbocycles. The molecule has 6 heteroatoms. The van der Waals surface area contributed by atoms with Crippen LogP contribution in [0.5, 0.6) is 0 Å². The van der Waals surface area contributed by atoms with Gasteiger partial charge in [0.15, 0.2) is 0 Å². The monoisotopic (exact) mass is 222 g/mol. The Kier molecular flexibility index (Phi) is 5.05. The highest BCUT2D eigenvalue weighted by Gasteiger charge is 2.26. The molecule has 0 aromatic carbocycles. The molecule has 0 rings (SSSR count). The van der Waals surface area contributed by atoms with E-state index in [2.05, 4.69) is 4.74 Å². The van der Waals surface area contributed by atoms with Crippen molar-refractivity contribution in [2.75, 3.05) is 7.11 Å². The first-order chi connectivity index (χ1) is 6.38. The Labute approximate surface area is 82.9 Å². The average molecular weight is 222 g/mol. The van der Waals surface area contributed by atoms with E-state index in [1.807, 2.05) is 0 Å². The quantitative estimate of drug-likeness (QED) is 0.427. The zero-order chi connectivity index (χ0) is 11.4. The van der Waals surface area contributed by atoms with Gasteiger partial charge < -0.3 is 14.5 Å². The maximum atomic E-state index is 11.2. The van der Waals surface area contributed by atoms with E-state index in [4.69, 9.17) is 9.79 Å². The predicted molar refractivity (Wildman–Crippen MR) is 51.7 cm³/mol. The van der Waals surface area contributed by atoms with Crippen molar-refractivity contribution >= 4 is 13.6 Å². The number of carbonyl (C=O) groups is 1. The summed E-state index contributed by atoms with van der Waals surface area (Å²) in [6.07, 6.45) is 0.392. The standard InChI is InChI=1S/C8H15O5P/c1-4-6(8(9)13-3)7(5-2)14(10,11)12/h4-5H2,1-3H3,(H2,10,11,12). The lowest BCUT2D eigenvalue weighted by Gasteiger charge is -2.12. The van der Waals surface area contributed by atoms with Gasteiger partial charge in [-0.05, 0) is 12.8 Å². The Balaban J connectivity index is 5.35. The minimum Gasteiger partial charge on any atom is -0.466 e. The third kappa shape index (κ3) is 3.25. The molecule has 0 saturated heterocycles. The van der Waals surface area contributed by atoms with Crippen molar-refractivity contribution in [1.29, 1.82) is 0 Å². The topological polar surface area (TPSA) is 83.8 Å². The lowest BCUT2D eigenvalue weighted by atomic mass is 10.2. The van der Waals surface area contributed by atoms with Crippen molar-refractivity contribution in [3.8, 4) is 0 Å². The van der Waals surface area contributed by atoms with Gasteiger partial charge >= 0.3 is 13.6 Å². The number of allylic oxidation sites excluding steroid dienone is 1. The first-order valence-electron chi connectivity index (χ1n) is 4.24. The van der Waals surface area contributed by atoms with Crippen molar-refractivity contribution in [1.82, 2.24) is 0 Å². The van der Waals surface area contributed by atoms with Crippen LogP contribution in [0.2, 0.25) is 0 Å². The number of esters is 1. The number of hydrogen-bond donors (Lipinski definition) is 2. The minimum absolute atomic E-state index is 0.0725. The molecule has 82 valence electrons. The Morgan fingerprint density at radius 3 is 2.00 bits per heavy atom. The van der Waals surface area contributed by atoms with Gasteiger partial charge in [-0.25, -0.2) is 4.79 Å². The summed E-state index contributed by atoms with van der Waals surface area (Å²) in [6, 6.07) is 0. The molecule has 0 spiro atoms. The molecule has 0 heterocycles. The fourth-order valence-corrected chi connectivity index (χ4v) is 2.20. The first-order valence-corrected chi connectivity index (χ1v) is 5.86. The van der Waals surface area contributed by atoms with Crippen molar-refractivity contribution < 1.29 is 23.9 Å². The summed E-state index contributed by atoms with van der Waals surface area (Å²) in [4.78, 5) is 29.1. The van der Waals surface area contributed by atoms with Gasteiger partial charge in [-0.3, -0.25) is 4.57 Å². The Bertz CT molecular complexity index is 288. The molecule has 0 aliphatic heterocycles. The molecule has 0 amide bonds. The summed E-state index contributed by atoms with van der Waals surface area (Å²) in [5.74, 6) is -0.673. The van der Waals surface area contributed by atoms with E-state index >= 15 is 0 Å². The fourth-order valence-electron chi connectivity index (χ4n) is 1.18. The Hall–Kier alpha value is -0.640. The van der Waals surface area contributed by atoms with E-state index in [1.165, 1.54) is 7.11 Å². The highest BCUT2D eigenvalue weighted by atomic mass is 31.2. The predicted octanol–water partition coefficient (Wildman–Crippen LogP) is 1.41. The molecule has 0 aliphatic rings. The van der Waals surface area contributed by atoms with E-state index in [0.717, 1.165) is 0 Å². The van der Waals surface area contributed by atoms with Crippen molar-refractivity contribution in [3.05, 3.63) is 10.9 Å². The van der Waals surface area contributed by atoms with Gasteiger partial charge in [0.2, 0.25) is 0 Å². The molecule has 5 nitrogen and oxygen atoms in total. The Morgan fingerprint density at radius 1 is 1.29 bits per heavy atom. The van der Waals surface area contributed by atoms with Crippen molar-refractivity contribution in [3.63, 3.8) is 0 Å². The van der Waals surface area contributed by atoms with Crippen LogP contribution in [0.15, 0.2) is 10.9 Å².